The molecule has 1 nitrogen and oxygen atoms in total. The molecule has 3 aliphatic carbocycles. The van der Waals surface area contributed by atoms with Crippen LogP contribution in [0.3, 0.4) is 0 Å². The molecule has 56 valence electrons. The van der Waals surface area contributed by atoms with Crippen molar-refractivity contribution in [2.75, 3.05) is 7.11 Å². The quantitative estimate of drug-likeness (QED) is 0.537. The summed E-state index contributed by atoms with van der Waals surface area (Å²) in [6, 6.07) is 0. The van der Waals surface area contributed by atoms with Gasteiger partial charge in [-0.1, -0.05) is 12.8 Å². The molecule has 0 amide bonds. The SMILES string of the molecule is COC1C2C1C21CCCC1. The third kappa shape index (κ3) is 0.402. The lowest BCUT2D eigenvalue weighted by Crippen LogP contribution is -2.17. The van der Waals surface area contributed by atoms with Gasteiger partial charge in [0, 0.05) is 7.11 Å². The Balaban J connectivity index is 1.71. The summed E-state index contributed by atoms with van der Waals surface area (Å²) in [5.41, 5.74) is 0.848. The molecule has 1 heteroatoms. The van der Waals surface area contributed by atoms with Crippen molar-refractivity contribution in [2.24, 2.45) is 17.3 Å². The van der Waals surface area contributed by atoms with Crippen LogP contribution in [0, 0.1) is 17.3 Å². The fraction of sp³-hybridized carbons (Fsp3) is 1.00. The average molecular weight is 138 g/mol. The topological polar surface area (TPSA) is 9.23 Å². The van der Waals surface area contributed by atoms with Crippen LogP contribution in [0.4, 0.5) is 0 Å². The highest BCUT2D eigenvalue weighted by Crippen LogP contribution is 2.83. The summed E-state index contributed by atoms with van der Waals surface area (Å²) >= 11 is 0. The summed E-state index contributed by atoms with van der Waals surface area (Å²) in [5.74, 6) is 2.03. The average Bonchev–Trinajstić information content (AvgIpc) is 2.74. The number of ether oxygens (including phenoxy) is 1. The Morgan fingerprint density at radius 3 is 2.30 bits per heavy atom. The van der Waals surface area contributed by atoms with E-state index in [0.29, 0.717) is 6.10 Å². The summed E-state index contributed by atoms with van der Waals surface area (Å²) in [4.78, 5) is 0. The summed E-state index contributed by atoms with van der Waals surface area (Å²) in [6.45, 7) is 0. The minimum Gasteiger partial charge on any atom is -0.381 e. The Bertz CT molecular complexity index is 158. The highest BCUT2D eigenvalue weighted by atomic mass is 16.5. The van der Waals surface area contributed by atoms with E-state index < -0.39 is 0 Å². The minimum absolute atomic E-state index is 0.693. The molecule has 3 rings (SSSR count). The third-order valence-corrected chi connectivity index (χ3v) is 3.98. The van der Waals surface area contributed by atoms with Crippen molar-refractivity contribution in [2.45, 2.75) is 31.8 Å². The summed E-state index contributed by atoms with van der Waals surface area (Å²) in [5, 5.41) is 0. The van der Waals surface area contributed by atoms with E-state index >= 15 is 0 Å². The zero-order chi connectivity index (χ0) is 6.77. The first-order valence-corrected chi connectivity index (χ1v) is 4.43. The molecule has 10 heavy (non-hydrogen) atoms. The van der Waals surface area contributed by atoms with Gasteiger partial charge in [-0.15, -0.1) is 0 Å². The molecular formula is C9H14O. The van der Waals surface area contributed by atoms with Gasteiger partial charge < -0.3 is 4.74 Å². The number of rotatable bonds is 1. The molecule has 0 aromatic heterocycles. The molecule has 0 aromatic carbocycles. The van der Waals surface area contributed by atoms with Gasteiger partial charge in [-0.2, -0.15) is 0 Å². The monoisotopic (exact) mass is 138 g/mol. The molecule has 0 radical (unpaired) electrons. The van der Waals surface area contributed by atoms with Crippen molar-refractivity contribution in [3.63, 3.8) is 0 Å². The Hall–Kier alpha value is -0.0400. The van der Waals surface area contributed by atoms with E-state index in [2.05, 4.69) is 0 Å². The zero-order valence-electron chi connectivity index (χ0n) is 6.47. The van der Waals surface area contributed by atoms with Gasteiger partial charge in [0.15, 0.2) is 0 Å². The van der Waals surface area contributed by atoms with E-state index in [1.807, 2.05) is 7.11 Å². The van der Waals surface area contributed by atoms with E-state index in [1.165, 1.54) is 25.7 Å². The van der Waals surface area contributed by atoms with Crippen LogP contribution in [0.1, 0.15) is 25.7 Å². The van der Waals surface area contributed by atoms with Crippen LogP contribution in [0.15, 0.2) is 0 Å². The number of methoxy groups -OCH3 is 1. The second-order valence-corrected chi connectivity index (χ2v) is 4.19. The maximum Gasteiger partial charge on any atom is 0.0646 e. The molecule has 0 aromatic rings. The molecule has 2 atom stereocenters. The predicted molar refractivity (Wildman–Crippen MR) is 38.7 cm³/mol. The van der Waals surface area contributed by atoms with Crippen LogP contribution in [0.2, 0.25) is 0 Å². The second kappa shape index (κ2) is 1.42. The highest BCUT2D eigenvalue weighted by molar-refractivity contribution is 5.31. The summed E-state index contributed by atoms with van der Waals surface area (Å²) in [6.07, 6.45) is 6.70. The van der Waals surface area contributed by atoms with Gasteiger partial charge in [0.05, 0.1) is 6.10 Å². The van der Waals surface area contributed by atoms with Crippen LogP contribution < -0.4 is 0 Å². The second-order valence-electron chi connectivity index (χ2n) is 4.19. The lowest BCUT2D eigenvalue weighted by Gasteiger charge is -2.19. The summed E-state index contributed by atoms with van der Waals surface area (Å²) in [7, 11) is 1.86. The molecule has 2 unspecified atom stereocenters. The molecule has 0 heterocycles. The first-order valence-electron chi connectivity index (χ1n) is 4.43. The zero-order valence-corrected chi connectivity index (χ0v) is 6.47. The fourth-order valence-corrected chi connectivity index (χ4v) is 3.37. The molecule has 3 fully saturated rings. The molecule has 0 aliphatic heterocycles. The fourth-order valence-electron chi connectivity index (χ4n) is 3.37. The first-order chi connectivity index (χ1) is 4.90. The molecule has 0 bridgehead atoms. The van der Waals surface area contributed by atoms with Crippen molar-refractivity contribution in [3.8, 4) is 0 Å². The minimum atomic E-state index is 0.693. The van der Waals surface area contributed by atoms with Gasteiger partial charge in [-0.3, -0.25) is 0 Å². The predicted octanol–water partition coefficient (Wildman–Crippen LogP) is 1.82. The smallest absolute Gasteiger partial charge is 0.0646 e. The Morgan fingerprint density at radius 2 is 1.80 bits per heavy atom. The van der Waals surface area contributed by atoms with Crippen molar-refractivity contribution in [1.29, 1.82) is 0 Å². The molecule has 1 spiro atoms. The van der Waals surface area contributed by atoms with Gasteiger partial charge in [0.25, 0.3) is 0 Å². The largest absolute Gasteiger partial charge is 0.381 e. The Kier molecular flexibility index (Phi) is 0.797. The van der Waals surface area contributed by atoms with Crippen LogP contribution in [-0.2, 0) is 4.74 Å². The van der Waals surface area contributed by atoms with E-state index in [1.54, 1.807) is 0 Å². The van der Waals surface area contributed by atoms with Crippen LogP contribution in [-0.4, -0.2) is 13.2 Å². The Morgan fingerprint density at radius 1 is 1.20 bits per heavy atom. The third-order valence-electron chi connectivity index (χ3n) is 3.98. The lowest BCUT2D eigenvalue weighted by molar-refractivity contribution is 0.0875. The van der Waals surface area contributed by atoms with Crippen LogP contribution in [0.5, 0.6) is 0 Å². The van der Waals surface area contributed by atoms with E-state index in [-0.39, 0.29) is 0 Å². The molecule has 0 N–H and O–H groups in total. The molecule has 3 aliphatic rings. The van der Waals surface area contributed by atoms with E-state index in [0.717, 1.165) is 17.3 Å². The molecule has 0 saturated heterocycles. The van der Waals surface area contributed by atoms with Gasteiger partial charge in [-0.25, -0.2) is 0 Å². The lowest BCUT2D eigenvalue weighted by atomic mass is 9.91. The van der Waals surface area contributed by atoms with Gasteiger partial charge in [-0.05, 0) is 30.1 Å². The first kappa shape index (κ1) is 5.59. The number of hydrogen-bond acceptors (Lipinski definition) is 1. The summed E-state index contributed by atoms with van der Waals surface area (Å²) < 4.78 is 5.31. The highest BCUT2D eigenvalue weighted by Gasteiger charge is 2.83. The van der Waals surface area contributed by atoms with E-state index in [4.69, 9.17) is 4.74 Å². The van der Waals surface area contributed by atoms with Gasteiger partial charge in [0.1, 0.15) is 0 Å². The number of hydrogen-bond donors (Lipinski definition) is 0. The molecule has 3 saturated carbocycles. The van der Waals surface area contributed by atoms with Gasteiger partial charge >= 0.3 is 0 Å². The van der Waals surface area contributed by atoms with Crippen molar-refractivity contribution >= 4 is 0 Å². The maximum absolute atomic E-state index is 5.31. The molecular weight excluding hydrogens is 124 g/mol. The van der Waals surface area contributed by atoms with Crippen molar-refractivity contribution < 1.29 is 4.74 Å². The van der Waals surface area contributed by atoms with Crippen LogP contribution in [0.25, 0.3) is 0 Å². The van der Waals surface area contributed by atoms with Crippen molar-refractivity contribution in [1.82, 2.24) is 0 Å². The van der Waals surface area contributed by atoms with E-state index in [9.17, 15) is 0 Å². The number of fused-ring (bicyclic) bond motifs is 3. The Labute approximate surface area is 61.8 Å². The van der Waals surface area contributed by atoms with Crippen molar-refractivity contribution in [3.05, 3.63) is 0 Å². The maximum atomic E-state index is 5.31. The van der Waals surface area contributed by atoms with Gasteiger partial charge in [0.2, 0.25) is 0 Å². The standard InChI is InChI=1S/C9H14O/c1-10-8-6-7(8)9(6)4-2-3-5-9/h6-8H,2-5H2,1H3. The van der Waals surface area contributed by atoms with Crippen LogP contribution >= 0.6 is 0 Å². The normalized spacial score (nSPS) is 53.1.